The number of hydrogen-bond donors (Lipinski definition) is 1. The lowest BCUT2D eigenvalue weighted by Crippen LogP contribution is -2.24. The van der Waals surface area contributed by atoms with E-state index >= 15 is 0 Å². The van der Waals surface area contributed by atoms with Gasteiger partial charge in [0, 0.05) is 12.7 Å². The molecule has 0 bridgehead atoms. The lowest BCUT2D eigenvalue weighted by atomic mass is 10.3. The maximum atomic E-state index is 12.1. The average Bonchev–Trinajstić information content (AvgIpc) is 3.19. The van der Waals surface area contributed by atoms with Crippen LogP contribution in [0.3, 0.4) is 0 Å². The Hall–Kier alpha value is -2.22. The van der Waals surface area contributed by atoms with Crippen LogP contribution in [-0.4, -0.2) is 30.3 Å². The molecule has 0 radical (unpaired) electrons. The first-order valence-corrected chi connectivity index (χ1v) is 8.09. The first-order valence-electron chi connectivity index (χ1n) is 7.28. The highest BCUT2D eigenvalue weighted by molar-refractivity contribution is 7.16. The number of fused-ring (bicyclic) bond motifs is 1. The van der Waals surface area contributed by atoms with Gasteiger partial charge >= 0.3 is 0 Å². The molecule has 0 aliphatic heterocycles. The Kier molecular flexibility index (Phi) is 3.93. The van der Waals surface area contributed by atoms with Crippen molar-refractivity contribution in [2.24, 2.45) is 0 Å². The number of amides is 1. The quantitative estimate of drug-likeness (QED) is 0.778. The number of aryl methyl sites for hydroxylation is 3. The molecule has 0 fully saturated rings. The first kappa shape index (κ1) is 14.7. The average molecular weight is 318 g/mol. The van der Waals surface area contributed by atoms with Crippen LogP contribution in [0.25, 0.3) is 4.96 Å². The molecule has 1 amide bonds. The Bertz CT molecular complexity index is 815. The van der Waals surface area contributed by atoms with E-state index in [0.717, 1.165) is 34.3 Å². The summed E-state index contributed by atoms with van der Waals surface area (Å²) in [5.41, 5.74) is 2.22. The third kappa shape index (κ3) is 2.61. The van der Waals surface area contributed by atoms with E-state index in [1.54, 1.807) is 28.3 Å². The van der Waals surface area contributed by atoms with Crippen molar-refractivity contribution in [3.05, 3.63) is 34.4 Å². The molecule has 116 valence electrons. The second-order valence-corrected chi connectivity index (χ2v) is 5.97. The van der Waals surface area contributed by atoms with Gasteiger partial charge in [0.2, 0.25) is 4.96 Å². The van der Waals surface area contributed by atoms with Crippen LogP contribution in [0.4, 0.5) is 0 Å². The van der Waals surface area contributed by atoms with Crippen molar-refractivity contribution in [2.75, 3.05) is 0 Å². The predicted molar refractivity (Wildman–Crippen MR) is 84.1 cm³/mol. The van der Waals surface area contributed by atoms with Crippen molar-refractivity contribution in [1.29, 1.82) is 0 Å². The van der Waals surface area contributed by atoms with Crippen LogP contribution in [-0.2, 0) is 19.5 Å². The van der Waals surface area contributed by atoms with Crippen LogP contribution in [0, 0.1) is 6.92 Å². The first-order chi connectivity index (χ1) is 10.6. The van der Waals surface area contributed by atoms with E-state index in [4.69, 9.17) is 0 Å². The topological polar surface area (TPSA) is 77.1 Å². The van der Waals surface area contributed by atoms with Crippen LogP contribution in [0.2, 0.25) is 0 Å². The molecule has 3 heterocycles. The molecule has 0 aliphatic carbocycles. The van der Waals surface area contributed by atoms with Gasteiger partial charge < -0.3 is 5.32 Å². The highest BCUT2D eigenvalue weighted by Gasteiger charge is 2.15. The summed E-state index contributed by atoms with van der Waals surface area (Å²) in [6.07, 6.45) is 2.68. The number of nitrogens with zero attached hydrogens (tertiary/aromatic N) is 5. The molecule has 7 nitrogen and oxygen atoms in total. The standard InChI is InChI=1S/C14H18N6OS/c1-4-12-18-20-11(9(3)16-14(20)22-12)8-15-13(21)10-6-7-19(5-2)17-10/h6-7H,4-5,8H2,1-3H3,(H,15,21). The fourth-order valence-electron chi connectivity index (χ4n) is 2.19. The summed E-state index contributed by atoms with van der Waals surface area (Å²) < 4.78 is 3.55. The number of nitrogens with one attached hydrogen (secondary N) is 1. The van der Waals surface area contributed by atoms with Crippen LogP contribution in [0.15, 0.2) is 12.3 Å². The molecular weight excluding hydrogens is 300 g/mol. The number of carbonyl (C=O) groups excluding carboxylic acids is 1. The number of hydrogen-bond acceptors (Lipinski definition) is 5. The smallest absolute Gasteiger partial charge is 0.272 e. The minimum Gasteiger partial charge on any atom is -0.345 e. The van der Waals surface area contributed by atoms with Gasteiger partial charge in [0.25, 0.3) is 5.91 Å². The predicted octanol–water partition coefficient (Wildman–Crippen LogP) is 1.81. The van der Waals surface area contributed by atoms with Crippen molar-refractivity contribution in [1.82, 2.24) is 29.7 Å². The Morgan fingerprint density at radius 3 is 2.86 bits per heavy atom. The van der Waals surface area contributed by atoms with Gasteiger partial charge in [0.05, 0.1) is 17.9 Å². The zero-order valence-corrected chi connectivity index (χ0v) is 13.6. The van der Waals surface area contributed by atoms with E-state index in [1.165, 1.54) is 0 Å². The molecular formula is C14H18N6OS. The van der Waals surface area contributed by atoms with E-state index in [2.05, 4.69) is 27.4 Å². The molecule has 3 rings (SSSR count). The van der Waals surface area contributed by atoms with E-state index < -0.39 is 0 Å². The van der Waals surface area contributed by atoms with Crippen molar-refractivity contribution in [3.63, 3.8) is 0 Å². The third-order valence-electron chi connectivity index (χ3n) is 3.45. The summed E-state index contributed by atoms with van der Waals surface area (Å²) in [7, 11) is 0. The van der Waals surface area contributed by atoms with Gasteiger partial charge in [-0.05, 0) is 26.3 Å². The SMILES string of the molecule is CCc1nn2c(CNC(=O)c3ccn(CC)n3)c(C)nc2s1. The summed E-state index contributed by atoms with van der Waals surface area (Å²) in [4.78, 5) is 17.5. The molecule has 0 saturated heterocycles. The highest BCUT2D eigenvalue weighted by atomic mass is 32.1. The minimum absolute atomic E-state index is 0.188. The Morgan fingerprint density at radius 1 is 1.36 bits per heavy atom. The normalized spacial score (nSPS) is 11.2. The molecule has 22 heavy (non-hydrogen) atoms. The zero-order chi connectivity index (χ0) is 15.7. The van der Waals surface area contributed by atoms with Crippen molar-refractivity contribution >= 4 is 22.2 Å². The molecule has 1 N–H and O–H groups in total. The Balaban J connectivity index is 1.76. The fourth-order valence-corrected chi connectivity index (χ4v) is 3.09. The largest absolute Gasteiger partial charge is 0.345 e. The van der Waals surface area contributed by atoms with Crippen LogP contribution >= 0.6 is 11.3 Å². The van der Waals surface area contributed by atoms with Crippen LogP contribution < -0.4 is 5.32 Å². The monoisotopic (exact) mass is 318 g/mol. The van der Waals surface area contributed by atoms with Gasteiger partial charge in [0.1, 0.15) is 10.7 Å². The van der Waals surface area contributed by atoms with Gasteiger partial charge in [-0.3, -0.25) is 9.48 Å². The molecule has 0 aromatic carbocycles. The Morgan fingerprint density at radius 2 is 2.18 bits per heavy atom. The summed E-state index contributed by atoms with van der Waals surface area (Å²) in [5, 5.41) is 12.6. The second-order valence-electron chi connectivity index (χ2n) is 4.93. The lowest BCUT2D eigenvalue weighted by Gasteiger charge is -2.03. The van der Waals surface area contributed by atoms with E-state index in [9.17, 15) is 4.79 Å². The summed E-state index contributed by atoms with van der Waals surface area (Å²) in [5.74, 6) is -0.188. The Labute approximate surface area is 132 Å². The minimum atomic E-state index is -0.188. The molecule has 3 aromatic heterocycles. The number of rotatable bonds is 5. The summed E-state index contributed by atoms with van der Waals surface area (Å²) >= 11 is 1.58. The van der Waals surface area contributed by atoms with Crippen molar-refractivity contribution < 1.29 is 4.79 Å². The number of carbonyl (C=O) groups is 1. The van der Waals surface area contributed by atoms with Gasteiger partial charge in [0.15, 0.2) is 0 Å². The van der Waals surface area contributed by atoms with Crippen molar-refractivity contribution in [2.45, 2.75) is 40.3 Å². The molecule has 0 aliphatic rings. The number of imidazole rings is 1. The fraction of sp³-hybridized carbons (Fsp3) is 0.429. The van der Waals surface area contributed by atoms with E-state index in [1.807, 2.05) is 18.4 Å². The highest BCUT2D eigenvalue weighted by Crippen LogP contribution is 2.18. The van der Waals surface area contributed by atoms with Crippen LogP contribution in [0.5, 0.6) is 0 Å². The van der Waals surface area contributed by atoms with E-state index in [-0.39, 0.29) is 5.91 Å². The number of aromatic nitrogens is 5. The van der Waals surface area contributed by atoms with Gasteiger partial charge in [-0.1, -0.05) is 18.3 Å². The second kappa shape index (κ2) is 5.88. The molecule has 0 spiro atoms. The maximum absolute atomic E-state index is 12.1. The lowest BCUT2D eigenvalue weighted by molar-refractivity contribution is 0.0944. The van der Waals surface area contributed by atoms with E-state index in [0.29, 0.717) is 12.2 Å². The van der Waals surface area contributed by atoms with Crippen molar-refractivity contribution in [3.8, 4) is 0 Å². The van der Waals surface area contributed by atoms with Crippen LogP contribution in [0.1, 0.15) is 40.7 Å². The van der Waals surface area contributed by atoms with Gasteiger partial charge in [-0.25, -0.2) is 9.50 Å². The molecule has 0 atom stereocenters. The molecule has 8 heteroatoms. The maximum Gasteiger partial charge on any atom is 0.272 e. The summed E-state index contributed by atoms with van der Waals surface area (Å²) in [6, 6.07) is 1.72. The van der Waals surface area contributed by atoms with Gasteiger partial charge in [-0.15, -0.1) is 0 Å². The third-order valence-corrected chi connectivity index (χ3v) is 4.51. The van der Waals surface area contributed by atoms with Gasteiger partial charge in [-0.2, -0.15) is 10.2 Å². The molecule has 3 aromatic rings. The summed E-state index contributed by atoms with van der Waals surface area (Å²) in [6.45, 7) is 7.11. The molecule has 0 unspecified atom stereocenters. The molecule has 0 saturated carbocycles. The zero-order valence-electron chi connectivity index (χ0n) is 12.8.